The number of hydrogen-bond donors (Lipinski definition) is 0. The molecule has 0 aliphatic rings. The fourth-order valence-corrected chi connectivity index (χ4v) is 1.94. The number of aromatic nitrogens is 3. The number of ether oxygens (including phenoxy) is 1. The quantitative estimate of drug-likeness (QED) is 0.837. The minimum atomic E-state index is -0.136. The first-order chi connectivity index (χ1) is 8.43. The molecule has 0 fully saturated rings. The van der Waals surface area contributed by atoms with Crippen molar-refractivity contribution < 1.29 is 4.74 Å². The van der Waals surface area contributed by atoms with Crippen LogP contribution >= 0.6 is 11.6 Å². The summed E-state index contributed by atoms with van der Waals surface area (Å²) >= 11 is 6.13. The van der Waals surface area contributed by atoms with Crippen LogP contribution in [0.4, 0.5) is 0 Å². The SMILES string of the molecule is COc1cccc(-n2c(Cl)nnc2C(C)(C)C)c1. The molecule has 0 radical (unpaired) electrons. The summed E-state index contributed by atoms with van der Waals surface area (Å²) in [5.41, 5.74) is 0.762. The highest BCUT2D eigenvalue weighted by Crippen LogP contribution is 2.27. The summed E-state index contributed by atoms with van der Waals surface area (Å²) in [5, 5.41) is 8.47. The third-order valence-corrected chi connectivity index (χ3v) is 2.85. The zero-order chi connectivity index (χ0) is 13.3. The maximum absolute atomic E-state index is 6.13. The first-order valence-electron chi connectivity index (χ1n) is 5.69. The van der Waals surface area contributed by atoms with Crippen LogP contribution in [-0.2, 0) is 5.41 Å². The van der Waals surface area contributed by atoms with Crippen molar-refractivity contribution in [3.05, 3.63) is 35.4 Å². The minimum Gasteiger partial charge on any atom is -0.497 e. The summed E-state index contributed by atoms with van der Waals surface area (Å²) in [5.74, 6) is 1.60. The summed E-state index contributed by atoms with van der Waals surface area (Å²) in [6, 6.07) is 7.66. The number of nitrogens with zero attached hydrogens (tertiary/aromatic N) is 3. The third-order valence-electron chi connectivity index (χ3n) is 2.61. The lowest BCUT2D eigenvalue weighted by molar-refractivity contribution is 0.414. The van der Waals surface area contributed by atoms with Gasteiger partial charge in [0.25, 0.3) is 0 Å². The lowest BCUT2D eigenvalue weighted by atomic mass is 9.95. The number of methoxy groups -OCH3 is 1. The molecule has 2 rings (SSSR count). The lowest BCUT2D eigenvalue weighted by Crippen LogP contribution is -2.18. The molecule has 1 heterocycles. The molecule has 0 aliphatic carbocycles. The second-order valence-electron chi connectivity index (χ2n) is 5.08. The van der Waals surface area contributed by atoms with Gasteiger partial charge in [-0.3, -0.25) is 4.57 Å². The van der Waals surface area contributed by atoms with Crippen LogP contribution < -0.4 is 4.74 Å². The van der Waals surface area contributed by atoms with Crippen LogP contribution in [0.25, 0.3) is 5.69 Å². The molecule has 2 aromatic rings. The highest BCUT2D eigenvalue weighted by molar-refractivity contribution is 6.28. The molecule has 0 N–H and O–H groups in total. The van der Waals surface area contributed by atoms with E-state index in [4.69, 9.17) is 16.3 Å². The number of rotatable bonds is 2. The summed E-state index contributed by atoms with van der Waals surface area (Å²) in [6.07, 6.45) is 0. The highest BCUT2D eigenvalue weighted by atomic mass is 35.5. The zero-order valence-corrected chi connectivity index (χ0v) is 11.7. The molecule has 1 aromatic carbocycles. The molecule has 0 bridgehead atoms. The first-order valence-corrected chi connectivity index (χ1v) is 6.07. The van der Waals surface area contributed by atoms with Crippen LogP contribution in [0.2, 0.25) is 5.28 Å². The Hall–Kier alpha value is -1.55. The Morgan fingerprint density at radius 2 is 1.94 bits per heavy atom. The van der Waals surface area contributed by atoms with E-state index < -0.39 is 0 Å². The smallest absolute Gasteiger partial charge is 0.229 e. The summed E-state index contributed by atoms with van der Waals surface area (Å²) in [4.78, 5) is 0. The predicted octanol–water partition coefficient (Wildman–Crippen LogP) is 3.23. The van der Waals surface area contributed by atoms with Crippen LogP contribution in [0.5, 0.6) is 5.75 Å². The van der Waals surface area contributed by atoms with Gasteiger partial charge in [0.1, 0.15) is 11.6 Å². The molecule has 0 spiro atoms. The lowest BCUT2D eigenvalue weighted by Gasteiger charge is -2.19. The summed E-state index contributed by atoms with van der Waals surface area (Å²) in [6.45, 7) is 6.22. The summed E-state index contributed by atoms with van der Waals surface area (Å²) in [7, 11) is 1.64. The Morgan fingerprint density at radius 3 is 2.56 bits per heavy atom. The second kappa shape index (κ2) is 4.61. The Labute approximate surface area is 112 Å². The van der Waals surface area contributed by atoms with Gasteiger partial charge in [-0.15, -0.1) is 10.2 Å². The van der Waals surface area contributed by atoms with Crippen LogP contribution in [0, 0.1) is 0 Å². The largest absolute Gasteiger partial charge is 0.497 e. The average molecular weight is 266 g/mol. The van der Waals surface area contributed by atoms with Gasteiger partial charge in [0.2, 0.25) is 5.28 Å². The molecule has 0 amide bonds. The molecule has 0 unspecified atom stereocenters. The van der Waals surface area contributed by atoms with Crippen molar-refractivity contribution in [1.29, 1.82) is 0 Å². The molecule has 1 aromatic heterocycles. The summed E-state index contributed by atoms with van der Waals surface area (Å²) < 4.78 is 7.06. The second-order valence-corrected chi connectivity index (χ2v) is 5.42. The van der Waals surface area contributed by atoms with E-state index in [0.29, 0.717) is 5.28 Å². The van der Waals surface area contributed by atoms with Crippen molar-refractivity contribution in [3.63, 3.8) is 0 Å². The van der Waals surface area contributed by atoms with E-state index in [2.05, 4.69) is 31.0 Å². The standard InChI is InChI=1S/C13H16ClN3O/c1-13(2,3)11-15-16-12(14)17(11)9-6-5-7-10(8-9)18-4/h5-8H,1-4H3. The van der Waals surface area contributed by atoms with E-state index in [0.717, 1.165) is 17.3 Å². The van der Waals surface area contributed by atoms with Crippen LogP contribution in [-0.4, -0.2) is 21.9 Å². The van der Waals surface area contributed by atoms with Gasteiger partial charge >= 0.3 is 0 Å². The average Bonchev–Trinajstić information content (AvgIpc) is 2.71. The van der Waals surface area contributed by atoms with Gasteiger partial charge < -0.3 is 4.74 Å². The fourth-order valence-electron chi connectivity index (χ4n) is 1.73. The van der Waals surface area contributed by atoms with E-state index in [1.807, 2.05) is 28.8 Å². The normalized spacial score (nSPS) is 11.6. The molecule has 4 nitrogen and oxygen atoms in total. The highest BCUT2D eigenvalue weighted by Gasteiger charge is 2.24. The number of hydrogen-bond acceptors (Lipinski definition) is 3. The molecule has 5 heteroatoms. The maximum Gasteiger partial charge on any atom is 0.229 e. The first kappa shape index (κ1) is 12.9. The molecule has 18 heavy (non-hydrogen) atoms. The molecule has 0 saturated heterocycles. The van der Waals surface area contributed by atoms with E-state index in [1.54, 1.807) is 7.11 Å². The fraction of sp³-hybridized carbons (Fsp3) is 0.385. The van der Waals surface area contributed by atoms with Gasteiger partial charge in [-0.25, -0.2) is 0 Å². The molecule has 0 saturated carbocycles. The zero-order valence-electron chi connectivity index (χ0n) is 10.9. The molecule has 96 valence electrons. The van der Waals surface area contributed by atoms with E-state index in [9.17, 15) is 0 Å². The van der Waals surface area contributed by atoms with Gasteiger partial charge in [-0.05, 0) is 23.7 Å². The molecular weight excluding hydrogens is 250 g/mol. The van der Waals surface area contributed by atoms with Crippen molar-refractivity contribution >= 4 is 11.6 Å². The van der Waals surface area contributed by atoms with E-state index in [-0.39, 0.29) is 5.41 Å². The third kappa shape index (κ3) is 2.34. The Morgan fingerprint density at radius 1 is 1.22 bits per heavy atom. The van der Waals surface area contributed by atoms with Crippen LogP contribution in [0.1, 0.15) is 26.6 Å². The van der Waals surface area contributed by atoms with E-state index >= 15 is 0 Å². The van der Waals surface area contributed by atoms with Crippen LogP contribution in [0.3, 0.4) is 0 Å². The molecule has 0 atom stereocenters. The van der Waals surface area contributed by atoms with Gasteiger partial charge in [0.15, 0.2) is 0 Å². The predicted molar refractivity (Wildman–Crippen MR) is 71.6 cm³/mol. The molecular formula is C13H16ClN3O. The van der Waals surface area contributed by atoms with Crippen molar-refractivity contribution in [2.75, 3.05) is 7.11 Å². The van der Waals surface area contributed by atoms with Gasteiger partial charge in [0.05, 0.1) is 12.8 Å². The number of benzene rings is 1. The topological polar surface area (TPSA) is 39.9 Å². The monoisotopic (exact) mass is 265 g/mol. The van der Waals surface area contributed by atoms with Gasteiger partial charge in [0, 0.05) is 11.5 Å². The Balaban J connectivity index is 2.59. The Bertz CT molecular complexity index is 558. The minimum absolute atomic E-state index is 0.136. The van der Waals surface area contributed by atoms with Crippen molar-refractivity contribution in [1.82, 2.24) is 14.8 Å². The van der Waals surface area contributed by atoms with Gasteiger partial charge in [-0.2, -0.15) is 0 Å². The number of halogens is 1. The van der Waals surface area contributed by atoms with Gasteiger partial charge in [-0.1, -0.05) is 26.8 Å². The van der Waals surface area contributed by atoms with Crippen molar-refractivity contribution in [2.24, 2.45) is 0 Å². The van der Waals surface area contributed by atoms with Crippen molar-refractivity contribution in [3.8, 4) is 11.4 Å². The maximum atomic E-state index is 6.13. The Kier molecular flexibility index (Phi) is 3.30. The van der Waals surface area contributed by atoms with Crippen LogP contribution in [0.15, 0.2) is 24.3 Å². The van der Waals surface area contributed by atoms with E-state index in [1.165, 1.54) is 0 Å². The van der Waals surface area contributed by atoms with Crippen molar-refractivity contribution in [2.45, 2.75) is 26.2 Å². The molecule has 0 aliphatic heterocycles.